The highest BCUT2D eigenvalue weighted by molar-refractivity contribution is 7.80. The van der Waals surface area contributed by atoms with Crippen LogP contribution in [0.5, 0.6) is 0 Å². The maximum absolute atomic E-state index is 4.23. The first-order valence-corrected chi connectivity index (χ1v) is 7.11. The van der Waals surface area contributed by atoms with E-state index in [4.69, 9.17) is 0 Å². The van der Waals surface area contributed by atoms with Crippen LogP contribution >= 0.6 is 12.6 Å². The smallest absolute Gasteiger partial charge is 0.000517 e. The van der Waals surface area contributed by atoms with Gasteiger partial charge in [-0.1, -0.05) is 33.1 Å². The molecule has 90 valence electrons. The molecule has 0 unspecified atom stereocenters. The van der Waals surface area contributed by atoms with Gasteiger partial charge in [0.05, 0.1) is 0 Å². The topological polar surface area (TPSA) is 12.0 Å². The van der Waals surface area contributed by atoms with Crippen LogP contribution in [-0.2, 0) is 0 Å². The van der Waals surface area contributed by atoms with Crippen LogP contribution < -0.4 is 5.32 Å². The van der Waals surface area contributed by atoms with Gasteiger partial charge in [-0.05, 0) is 42.9 Å². The van der Waals surface area contributed by atoms with Crippen molar-refractivity contribution in [2.75, 3.05) is 18.8 Å². The third-order valence-electron chi connectivity index (χ3n) is 3.80. The summed E-state index contributed by atoms with van der Waals surface area (Å²) in [5.41, 5.74) is 0.483. The molecule has 0 bridgehead atoms. The zero-order valence-electron chi connectivity index (χ0n) is 10.4. The number of thiol groups is 1. The summed E-state index contributed by atoms with van der Waals surface area (Å²) in [5.74, 6) is 1.94. The lowest BCUT2D eigenvalue weighted by atomic mass is 9.71. The van der Waals surface area contributed by atoms with Crippen molar-refractivity contribution in [3.63, 3.8) is 0 Å². The van der Waals surface area contributed by atoms with E-state index < -0.39 is 0 Å². The molecule has 0 atom stereocenters. The van der Waals surface area contributed by atoms with Crippen LogP contribution in [0, 0.1) is 11.3 Å². The predicted octanol–water partition coefficient (Wildman–Crippen LogP) is 3.50. The first-order chi connectivity index (χ1) is 7.17. The van der Waals surface area contributed by atoms with Crippen molar-refractivity contribution < 1.29 is 0 Å². The van der Waals surface area contributed by atoms with Crippen LogP contribution in [0.4, 0.5) is 0 Å². The fraction of sp³-hybridized carbons (Fsp3) is 1.00. The molecule has 0 aliphatic heterocycles. The molecule has 0 saturated heterocycles. The van der Waals surface area contributed by atoms with Crippen LogP contribution in [0.25, 0.3) is 0 Å². The normalized spacial score (nSPS) is 19.4. The molecule has 1 N–H and O–H groups in total. The average Bonchev–Trinajstić information content (AvgIpc) is 2.26. The summed E-state index contributed by atoms with van der Waals surface area (Å²) in [4.78, 5) is 0. The molecule has 0 spiro atoms. The molecule has 1 rings (SSSR count). The van der Waals surface area contributed by atoms with E-state index in [9.17, 15) is 0 Å². The zero-order chi connectivity index (χ0) is 11.1. The van der Waals surface area contributed by atoms with Crippen molar-refractivity contribution in [3.05, 3.63) is 0 Å². The fourth-order valence-corrected chi connectivity index (χ4v) is 2.80. The first-order valence-electron chi connectivity index (χ1n) is 6.48. The third kappa shape index (κ3) is 4.78. The monoisotopic (exact) mass is 229 g/mol. The zero-order valence-corrected chi connectivity index (χ0v) is 11.3. The second kappa shape index (κ2) is 6.80. The Morgan fingerprint density at radius 3 is 2.47 bits per heavy atom. The lowest BCUT2D eigenvalue weighted by Gasteiger charge is -2.37. The molecule has 1 aliphatic carbocycles. The van der Waals surface area contributed by atoms with Crippen LogP contribution in [-0.4, -0.2) is 18.8 Å². The van der Waals surface area contributed by atoms with Crippen LogP contribution in [0.1, 0.15) is 52.4 Å². The second-order valence-electron chi connectivity index (χ2n) is 5.58. The summed E-state index contributed by atoms with van der Waals surface area (Å²) in [7, 11) is 0. The van der Waals surface area contributed by atoms with Gasteiger partial charge in [-0.3, -0.25) is 0 Å². The summed E-state index contributed by atoms with van der Waals surface area (Å²) >= 11 is 4.23. The van der Waals surface area contributed by atoms with E-state index in [2.05, 4.69) is 31.8 Å². The Morgan fingerprint density at radius 2 is 1.87 bits per heavy atom. The molecule has 0 amide bonds. The van der Waals surface area contributed by atoms with Crippen LogP contribution in [0.15, 0.2) is 0 Å². The molecule has 0 radical (unpaired) electrons. The molecular weight excluding hydrogens is 202 g/mol. The van der Waals surface area contributed by atoms with Crippen molar-refractivity contribution in [1.29, 1.82) is 0 Å². The molecule has 0 heterocycles. The van der Waals surface area contributed by atoms with Gasteiger partial charge in [0.25, 0.3) is 0 Å². The van der Waals surface area contributed by atoms with Crippen LogP contribution in [0.3, 0.4) is 0 Å². The molecule has 15 heavy (non-hydrogen) atoms. The first kappa shape index (κ1) is 13.4. The molecule has 0 aromatic rings. The van der Waals surface area contributed by atoms with Gasteiger partial charge in [0.15, 0.2) is 0 Å². The summed E-state index contributed by atoms with van der Waals surface area (Å²) in [5, 5.41) is 3.57. The lowest BCUT2D eigenvalue weighted by Crippen LogP contribution is -2.37. The van der Waals surface area contributed by atoms with E-state index in [1.165, 1.54) is 45.1 Å². The van der Waals surface area contributed by atoms with Crippen molar-refractivity contribution in [2.45, 2.75) is 52.4 Å². The van der Waals surface area contributed by atoms with E-state index >= 15 is 0 Å². The van der Waals surface area contributed by atoms with Gasteiger partial charge in [-0.25, -0.2) is 0 Å². The Hall–Kier alpha value is 0.310. The lowest BCUT2D eigenvalue weighted by molar-refractivity contribution is 0.154. The van der Waals surface area contributed by atoms with Gasteiger partial charge >= 0.3 is 0 Å². The molecular formula is C13H27NS. The van der Waals surface area contributed by atoms with E-state index in [0.29, 0.717) is 5.41 Å². The quantitative estimate of drug-likeness (QED) is 0.525. The SMILES string of the molecule is CC(C)(CNCCCS)C1CCCCC1. The number of hydrogen-bond donors (Lipinski definition) is 2. The average molecular weight is 229 g/mol. The third-order valence-corrected chi connectivity index (χ3v) is 4.12. The van der Waals surface area contributed by atoms with Gasteiger partial charge in [0.1, 0.15) is 0 Å². The second-order valence-corrected chi connectivity index (χ2v) is 6.02. The van der Waals surface area contributed by atoms with E-state index in [1.54, 1.807) is 0 Å². The van der Waals surface area contributed by atoms with Crippen molar-refractivity contribution in [3.8, 4) is 0 Å². The Balaban J connectivity index is 2.23. The summed E-state index contributed by atoms with van der Waals surface area (Å²) in [6.45, 7) is 7.15. The maximum Gasteiger partial charge on any atom is 0.000517 e. The number of nitrogens with one attached hydrogen (secondary N) is 1. The minimum Gasteiger partial charge on any atom is -0.316 e. The van der Waals surface area contributed by atoms with Crippen molar-refractivity contribution >= 4 is 12.6 Å². The molecule has 1 aliphatic rings. The van der Waals surface area contributed by atoms with Gasteiger partial charge in [-0.2, -0.15) is 12.6 Å². The highest BCUT2D eigenvalue weighted by Crippen LogP contribution is 2.37. The standard InChI is InChI=1S/C13H27NS/c1-13(2,11-14-9-6-10-15)12-7-4-3-5-8-12/h12,14-15H,3-11H2,1-2H3. The molecule has 1 nitrogen and oxygen atoms in total. The highest BCUT2D eigenvalue weighted by atomic mass is 32.1. The predicted molar refractivity (Wildman–Crippen MR) is 71.7 cm³/mol. The molecule has 1 saturated carbocycles. The minimum absolute atomic E-state index is 0.483. The molecule has 0 aromatic carbocycles. The Kier molecular flexibility index (Phi) is 6.06. The largest absolute Gasteiger partial charge is 0.316 e. The fourth-order valence-electron chi connectivity index (χ4n) is 2.64. The highest BCUT2D eigenvalue weighted by Gasteiger charge is 2.29. The molecule has 1 fully saturated rings. The maximum atomic E-state index is 4.23. The summed E-state index contributed by atoms with van der Waals surface area (Å²) < 4.78 is 0. The molecule has 2 heteroatoms. The number of hydrogen-bond acceptors (Lipinski definition) is 2. The number of rotatable bonds is 6. The minimum atomic E-state index is 0.483. The molecule has 0 aromatic heterocycles. The van der Waals surface area contributed by atoms with E-state index in [1.807, 2.05) is 0 Å². The Bertz CT molecular complexity index is 162. The van der Waals surface area contributed by atoms with E-state index in [-0.39, 0.29) is 0 Å². The van der Waals surface area contributed by atoms with E-state index in [0.717, 1.165) is 18.2 Å². The van der Waals surface area contributed by atoms with Crippen LogP contribution in [0.2, 0.25) is 0 Å². The summed E-state index contributed by atoms with van der Waals surface area (Å²) in [6.07, 6.45) is 8.43. The Labute approximate surface area is 101 Å². The van der Waals surface area contributed by atoms with Gasteiger partial charge in [0.2, 0.25) is 0 Å². The van der Waals surface area contributed by atoms with Gasteiger partial charge in [0, 0.05) is 6.54 Å². The van der Waals surface area contributed by atoms with Crippen molar-refractivity contribution in [2.24, 2.45) is 11.3 Å². The Morgan fingerprint density at radius 1 is 1.20 bits per heavy atom. The van der Waals surface area contributed by atoms with Gasteiger partial charge in [-0.15, -0.1) is 0 Å². The summed E-state index contributed by atoms with van der Waals surface area (Å²) in [6, 6.07) is 0. The van der Waals surface area contributed by atoms with Crippen molar-refractivity contribution in [1.82, 2.24) is 5.32 Å². The van der Waals surface area contributed by atoms with Gasteiger partial charge < -0.3 is 5.32 Å².